The summed E-state index contributed by atoms with van der Waals surface area (Å²) in [4.78, 5) is 0. The van der Waals surface area contributed by atoms with E-state index >= 15 is 0 Å². The molecule has 0 unspecified atom stereocenters. The summed E-state index contributed by atoms with van der Waals surface area (Å²) >= 11 is 0. The molecule has 26 heavy (non-hydrogen) atoms. The van der Waals surface area contributed by atoms with Crippen molar-refractivity contribution in [3.05, 3.63) is 105 Å². The zero-order valence-corrected chi connectivity index (χ0v) is 16.1. The lowest BCUT2D eigenvalue weighted by Gasteiger charge is -2.05. The van der Waals surface area contributed by atoms with Crippen molar-refractivity contribution in [3.8, 4) is 0 Å². The van der Waals surface area contributed by atoms with Crippen molar-refractivity contribution < 1.29 is 0 Å². The highest BCUT2D eigenvalue weighted by molar-refractivity contribution is 5.75. The van der Waals surface area contributed by atoms with Crippen molar-refractivity contribution in [1.29, 1.82) is 0 Å². The SMILES string of the molecule is Cc1cccc(C=Cc2cccc(C=Cc3cccc(C)c3C)c2)c1C. The van der Waals surface area contributed by atoms with Crippen LogP contribution in [0.25, 0.3) is 24.3 Å². The standard InChI is InChI=1S/C26H26/c1-19-8-5-12-25(21(19)3)16-14-23-10-7-11-24(18-23)15-17-26-13-6-9-20(2)22(26)4/h5-18H,1-4H3. The molecule has 3 rings (SSSR count). The maximum Gasteiger partial charge on any atom is -0.0224 e. The van der Waals surface area contributed by atoms with Gasteiger partial charge in [-0.2, -0.15) is 0 Å². The predicted molar refractivity (Wildman–Crippen MR) is 116 cm³/mol. The molecule has 0 aliphatic rings. The first-order chi connectivity index (χ1) is 12.5. The van der Waals surface area contributed by atoms with Gasteiger partial charge in [0.1, 0.15) is 0 Å². The number of hydrogen-bond donors (Lipinski definition) is 0. The van der Waals surface area contributed by atoms with E-state index in [1.54, 1.807) is 0 Å². The Hall–Kier alpha value is -2.86. The largest absolute Gasteiger partial charge is 0.0614 e. The molecular formula is C26H26. The summed E-state index contributed by atoms with van der Waals surface area (Å²) in [5.41, 5.74) is 10.3. The first kappa shape index (κ1) is 17.9. The van der Waals surface area contributed by atoms with Crippen LogP contribution >= 0.6 is 0 Å². The van der Waals surface area contributed by atoms with Crippen molar-refractivity contribution in [2.45, 2.75) is 27.7 Å². The fourth-order valence-corrected chi connectivity index (χ4v) is 3.05. The maximum absolute atomic E-state index is 2.23. The van der Waals surface area contributed by atoms with Crippen LogP contribution in [0.2, 0.25) is 0 Å². The highest BCUT2D eigenvalue weighted by Crippen LogP contribution is 2.19. The first-order valence-electron chi connectivity index (χ1n) is 9.13. The van der Waals surface area contributed by atoms with Gasteiger partial charge in [0.2, 0.25) is 0 Å². The number of rotatable bonds is 4. The zero-order valence-electron chi connectivity index (χ0n) is 16.1. The third-order valence-corrected chi connectivity index (χ3v) is 5.11. The summed E-state index contributed by atoms with van der Waals surface area (Å²) in [5.74, 6) is 0. The van der Waals surface area contributed by atoms with E-state index in [0.29, 0.717) is 0 Å². The van der Waals surface area contributed by atoms with E-state index in [1.807, 2.05) is 0 Å². The normalized spacial score (nSPS) is 11.5. The molecular weight excluding hydrogens is 312 g/mol. The third kappa shape index (κ3) is 4.21. The molecule has 3 aromatic carbocycles. The second kappa shape index (κ2) is 8.01. The van der Waals surface area contributed by atoms with Crippen LogP contribution in [0.1, 0.15) is 44.5 Å². The van der Waals surface area contributed by atoms with E-state index in [1.165, 1.54) is 44.5 Å². The average Bonchev–Trinajstić information content (AvgIpc) is 2.64. The van der Waals surface area contributed by atoms with Gasteiger partial charge in [-0.05, 0) is 78.3 Å². The number of hydrogen-bond acceptors (Lipinski definition) is 0. The van der Waals surface area contributed by atoms with E-state index in [4.69, 9.17) is 0 Å². The summed E-state index contributed by atoms with van der Waals surface area (Å²) in [7, 11) is 0. The monoisotopic (exact) mass is 338 g/mol. The number of aryl methyl sites for hydroxylation is 2. The summed E-state index contributed by atoms with van der Waals surface area (Å²) in [6.45, 7) is 8.67. The van der Waals surface area contributed by atoms with E-state index in [-0.39, 0.29) is 0 Å². The van der Waals surface area contributed by atoms with Crippen molar-refractivity contribution in [1.82, 2.24) is 0 Å². The van der Waals surface area contributed by atoms with Gasteiger partial charge in [0.05, 0.1) is 0 Å². The molecule has 0 aromatic heterocycles. The number of benzene rings is 3. The van der Waals surface area contributed by atoms with Crippen molar-refractivity contribution in [2.75, 3.05) is 0 Å². The first-order valence-corrected chi connectivity index (χ1v) is 9.13. The molecule has 0 spiro atoms. The lowest BCUT2D eigenvalue weighted by molar-refractivity contribution is 1.33. The molecule has 0 atom stereocenters. The molecule has 0 nitrogen and oxygen atoms in total. The maximum atomic E-state index is 2.23. The van der Waals surface area contributed by atoms with Crippen LogP contribution in [0, 0.1) is 27.7 Å². The molecule has 0 heterocycles. The Bertz CT molecular complexity index is 894. The molecule has 130 valence electrons. The van der Waals surface area contributed by atoms with Crippen molar-refractivity contribution in [2.24, 2.45) is 0 Å². The zero-order chi connectivity index (χ0) is 18.5. The lowest BCUT2D eigenvalue weighted by Crippen LogP contribution is -1.85. The van der Waals surface area contributed by atoms with Gasteiger partial charge in [-0.25, -0.2) is 0 Å². The predicted octanol–water partition coefficient (Wildman–Crippen LogP) is 7.26. The van der Waals surface area contributed by atoms with Crippen LogP contribution in [0.3, 0.4) is 0 Å². The van der Waals surface area contributed by atoms with Crippen LogP contribution in [0.5, 0.6) is 0 Å². The Morgan fingerprint density at radius 3 is 1.38 bits per heavy atom. The molecule has 0 fully saturated rings. The molecule has 3 aromatic rings. The topological polar surface area (TPSA) is 0 Å². The average molecular weight is 338 g/mol. The second-order valence-electron chi connectivity index (χ2n) is 6.92. The van der Waals surface area contributed by atoms with Crippen molar-refractivity contribution in [3.63, 3.8) is 0 Å². The molecule has 0 heteroatoms. The smallest absolute Gasteiger partial charge is 0.0224 e. The quantitative estimate of drug-likeness (QED) is 0.439. The molecule has 0 aliphatic heterocycles. The lowest BCUT2D eigenvalue weighted by atomic mass is 10.0. The fourth-order valence-electron chi connectivity index (χ4n) is 3.05. The minimum absolute atomic E-state index is 1.22. The van der Waals surface area contributed by atoms with Crippen molar-refractivity contribution >= 4 is 24.3 Å². The fraction of sp³-hybridized carbons (Fsp3) is 0.154. The Labute approximate surface area is 157 Å². The van der Waals surface area contributed by atoms with Gasteiger partial charge in [0, 0.05) is 0 Å². The molecule has 0 N–H and O–H groups in total. The molecule has 0 amide bonds. The molecule has 0 radical (unpaired) electrons. The Morgan fingerprint density at radius 2 is 0.923 bits per heavy atom. The highest BCUT2D eigenvalue weighted by atomic mass is 14.0. The molecule has 0 saturated heterocycles. The summed E-state index contributed by atoms with van der Waals surface area (Å²) in [6, 6.07) is 21.5. The molecule has 0 saturated carbocycles. The minimum atomic E-state index is 1.22. The van der Waals surface area contributed by atoms with Gasteiger partial charge in [0.25, 0.3) is 0 Å². The van der Waals surface area contributed by atoms with E-state index in [2.05, 4.69) is 113 Å². The Morgan fingerprint density at radius 1 is 0.500 bits per heavy atom. The molecule has 0 aliphatic carbocycles. The van der Waals surface area contributed by atoms with E-state index in [9.17, 15) is 0 Å². The Kier molecular flexibility index (Phi) is 5.53. The van der Waals surface area contributed by atoms with Gasteiger partial charge in [0.15, 0.2) is 0 Å². The van der Waals surface area contributed by atoms with E-state index < -0.39 is 0 Å². The van der Waals surface area contributed by atoms with Gasteiger partial charge < -0.3 is 0 Å². The third-order valence-electron chi connectivity index (χ3n) is 5.11. The van der Waals surface area contributed by atoms with Crippen LogP contribution in [-0.4, -0.2) is 0 Å². The van der Waals surface area contributed by atoms with Crippen LogP contribution in [0.15, 0.2) is 60.7 Å². The van der Waals surface area contributed by atoms with Gasteiger partial charge in [-0.1, -0.05) is 78.9 Å². The van der Waals surface area contributed by atoms with Crippen LogP contribution in [-0.2, 0) is 0 Å². The summed E-state index contributed by atoms with van der Waals surface area (Å²) in [6.07, 6.45) is 8.79. The van der Waals surface area contributed by atoms with Crippen LogP contribution in [0.4, 0.5) is 0 Å². The van der Waals surface area contributed by atoms with E-state index in [0.717, 1.165) is 0 Å². The summed E-state index contributed by atoms with van der Waals surface area (Å²) in [5, 5.41) is 0. The van der Waals surface area contributed by atoms with Crippen LogP contribution < -0.4 is 0 Å². The minimum Gasteiger partial charge on any atom is -0.0614 e. The Balaban J connectivity index is 1.82. The summed E-state index contributed by atoms with van der Waals surface area (Å²) < 4.78 is 0. The van der Waals surface area contributed by atoms with Gasteiger partial charge >= 0.3 is 0 Å². The molecule has 0 bridgehead atoms. The van der Waals surface area contributed by atoms with Gasteiger partial charge in [-0.15, -0.1) is 0 Å². The van der Waals surface area contributed by atoms with Gasteiger partial charge in [-0.3, -0.25) is 0 Å². The second-order valence-corrected chi connectivity index (χ2v) is 6.92. The highest BCUT2D eigenvalue weighted by Gasteiger charge is 1.98.